The van der Waals surface area contributed by atoms with Crippen LogP contribution in [0.25, 0.3) is 0 Å². The Kier molecular flexibility index (Phi) is 10.4. The van der Waals surface area contributed by atoms with E-state index in [0.29, 0.717) is 24.7 Å². The molecule has 6 aliphatic carbocycles. The Morgan fingerprint density at radius 2 is 1.49 bits per heavy atom. The molecule has 2 N–H and O–H groups in total. The maximum atomic E-state index is 14.4. The zero-order chi connectivity index (χ0) is 41.7. The third-order valence-electron chi connectivity index (χ3n) is 18.0. The second kappa shape index (κ2) is 14.0. The summed E-state index contributed by atoms with van der Waals surface area (Å²) in [7, 11) is 0. The van der Waals surface area contributed by atoms with Gasteiger partial charge in [-0.3, -0.25) is 19.2 Å². The van der Waals surface area contributed by atoms with E-state index in [4.69, 9.17) is 9.47 Å². The van der Waals surface area contributed by atoms with Gasteiger partial charge in [-0.15, -0.1) is 0 Å². The predicted molar refractivity (Wildman–Crippen MR) is 220 cm³/mol. The maximum Gasteiger partial charge on any atom is 0.309 e. The first-order valence-electron chi connectivity index (χ1n) is 22.1. The van der Waals surface area contributed by atoms with E-state index < -0.39 is 16.4 Å². The zero-order valence-corrected chi connectivity index (χ0v) is 36.8. The maximum absolute atomic E-state index is 14.4. The number of allylic oxidation sites excluding steroid dienone is 1. The van der Waals surface area contributed by atoms with E-state index in [0.717, 1.165) is 61.7 Å². The van der Waals surface area contributed by atoms with Gasteiger partial charge in [0.05, 0.1) is 29.4 Å². The second-order valence-electron chi connectivity index (χ2n) is 22.3. The fraction of sp³-hybridized carbons (Fsp3) is 0.755. The van der Waals surface area contributed by atoms with Crippen molar-refractivity contribution in [2.45, 2.75) is 159 Å². The van der Waals surface area contributed by atoms with Crippen molar-refractivity contribution >= 4 is 23.6 Å². The number of aliphatic hydroxyl groups excluding tert-OH is 1. The van der Waals surface area contributed by atoms with E-state index in [2.05, 4.69) is 53.8 Å². The van der Waals surface area contributed by atoms with Crippen LogP contribution >= 0.6 is 0 Å². The average molecular weight is 786 g/mol. The number of nitrogens with one attached hydrogen (secondary N) is 1. The molecule has 0 bridgehead atoms. The number of benzene rings is 1. The van der Waals surface area contributed by atoms with E-state index in [9.17, 15) is 24.3 Å². The molecule has 5 saturated carbocycles. The Morgan fingerprint density at radius 3 is 2.12 bits per heavy atom. The van der Waals surface area contributed by atoms with E-state index in [-0.39, 0.29) is 94.7 Å². The molecular weight excluding hydrogens is 715 g/mol. The lowest BCUT2D eigenvalue weighted by molar-refractivity contribution is -0.236. The minimum atomic E-state index is -0.848. The highest BCUT2D eigenvalue weighted by molar-refractivity contribution is 6.07. The standard InChI is InChI=1S/C49H71NO7/c1-29(2)38-34(52)26-49(42(55)50-43(3,4)28-51)24-23-47(10)31(39(38)49)17-18-36-46(9)21-20-37(45(7,8)35(46)19-22-48(36,47)11)57-41(54)33-25-32(44(33,5)6)40(53)56-27-30-15-13-12-14-16-30/h12-16,29,31-33,35-37,51H,17-28H2,1-11H3,(H,50,55)/t31-,32+,33-,35+,36-,37+,46+,47-,48-,49-/m1/s1. The van der Waals surface area contributed by atoms with Crippen LogP contribution in [0.2, 0.25) is 0 Å². The number of aliphatic hydroxyl groups is 1. The molecule has 6 aliphatic rings. The van der Waals surface area contributed by atoms with Crippen molar-refractivity contribution in [3.63, 3.8) is 0 Å². The van der Waals surface area contributed by atoms with Crippen LogP contribution in [-0.2, 0) is 35.3 Å². The summed E-state index contributed by atoms with van der Waals surface area (Å²) in [4.78, 5) is 55.5. The molecule has 0 saturated heterocycles. The highest BCUT2D eigenvalue weighted by Gasteiger charge is 2.71. The van der Waals surface area contributed by atoms with Gasteiger partial charge in [0.2, 0.25) is 5.91 Å². The molecule has 8 nitrogen and oxygen atoms in total. The molecule has 1 amide bonds. The van der Waals surface area contributed by atoms with Crippen molar-refractivity contribution in [1.29, 1.82) is 0 Å². The second-order valence-corrected chi connectivity index (χ2v) is 22.3. The normalized spacial score (nSPS) is 39.2. The lowest BCUT2D eigenvalue weighted by atomic mass is 9.33. The van der Waals surface area contributed by atoms with Crippen LogP contribution in [0.5, 0.6) is 0 Å². The first-order valence-corrected chi connectivity index (χ1v) is 22.1. The largest absolute Gasteiger partial charge is 0.462 e. The van der Waals surface area contributed by atoms with Crippen LogP contribution in [0.3, 0.4) is 0 Å². The first kappa shape index (κ1) is 42.1. The summed E-state index contributed by atoms with van der Waals surface area (Å²) in [6.45, 7) is 24.2. The van der Waals surface area contributed by atoms with Crippen LogP contribution in [-0.4, -0.2) is 47.0 Å². The molecule has 57 heavy (non-hydrogen) atoms. The van der Waals surface area contributed by atoms with Crippen LogP contribution in [0, 0.1) is 68.0 Å². The summed E-state index contributed by atoms with van der Waals surface area (Å²) < 4.78 is 12.2. The van der Waals surface area contributed by atoms with Crippen LogP contribution in [0.15, 0.2) is 41.5 Å². The van der Waals surface area contributed by atoms with Crippen LogP contribution < -0.4 is 5.32 Å². The molecule has 0 unspecified atom stereocenters. The van der Waals surface area contributed by atoms with Crippen molar-refractivity contribution in [3.8, 4) is 0 Å². The Morgan fingerprint density at radius 1 is 0.825 bits per heavy atom. The summed E-state index contributed by atoms with van der Waals surface area (Å²) in [6.07, 6.45) is 7.96. The van der Waals surface area contributed by atoms with E-state index in [1.807, 2.05) is 58.0 Å². The lowest BCUT2D eigenvalue weighted by Crippen LogP contribution is -2.66. The van der Waals surface area contributed by atoms with Crippen LogP contribution in [0.4, 0.5) is 0 Å². The van der Waals surface area contributed by atoms with Gasteiger partial charge in [0.15, 0.2) is 5.78 Å². The van der Waals surface area contributed by atoms with Crippen LogP contribution in [0.1, 0.15) is 146 Å². The van der Waals surface area contributed by atoms with Crippen molar-refractivity contribution in [3.05, 3.63) is 47.0 Å². The Bertz CT molecular complexity index is 1830. The predicted octanol–water partition coefficient (Wildman–Crippen LogP) is 9.17. The summed E-state index contributed by atoms with van der Waals surface area (Å²) in [5.41, 5.74) is 0.544. The number of ether oxygens (including phenoxy) is 2. The minimum absolute atomic E-state index is 0.00851. The van der Waals surface area contributed by atoms with Gasteiger partial charge in [-0.05, 0) is 134 Å². The summed E-state index contributed by atoms with van der Waals surface area (Å²) in [5.74, 6) is -0.0520. The van der Waals surface area contributed by atoms with E-state index in [1.54, 1.807) is 0 Å². The number of rotatable bonds is 9. The van der Waals surface area contributed by atoms with Crippen molar-refractivity contribution in [2.24, 2.45) is 68.0 Å². The third-order valence-corrected chi connectivity index (χ3v) is 18.0. The van der Waals surface area contributed by atoms with Gasteiger partial charge in [0.1, 0.15) is 12.7 Å². The van der Waals surface area contributed by atoms with Gasteiger partial charge >= 0.3 is 11.9 Å². The smallest absolute Gasteiger partial charge is 0.309 e. The van der Waals surface area contributed by atoms with Crippen molar-refractivity contribution in [2.75, 3.05) is 6.61 Å². The third kappa shape index (κ3) is 6.29. The monoisotopic (exact) mass is 786 g/mol. The van der Waals surface area contributed by atoms with Gasteiger partial charge in [-0.2, -0.15) is 0 Å². The van der Waals surface area contributed by atoms with Crippen molar-refractivity contribution in [1.82, 2.24) is 5.32 Å². The first-order chi connectivity index (χ1) is 26.5. The molecule has 0 spiro atoms. The molecule has 7 rings (SSSR count). The molecule has 1 aromatic carbocycles. The van der Waals surface area contributed by atoms with Gasteiger partial charge in [0, 0.05) is 11.8 Å². The number of ketones is 1. The Labute approximate surface area is 342 Å². The Hall–Kier alpha value is -3.00. The molecule has 0 aliphatic heterocycles. The summed E-state index contributed by atoms with van der Waals surface area (Å²) in [6, 6.07) is 9.68. The number of hydrogen-bond donors (Lipinski definition) is 2. The quantitative estimate of drug-likeness (QED) is 0.240. The van der Waals surface area contributed by atoms with E-state index >= 15 is 0 Å². The molecule has 314 valence electrons. The molecule has 1 aromatic rings. The number of carbonyl (C=O) groups is 4. The molecule has 5 fully saturated rings. The number of hydrogen-bond acceptors (Lipinski definition) is 7. The average Bonchev–Trinajstić information content (AvgIpc) is 3.45. The van der Waals surface area contributed by atoms with Crippen molar-refractivity contribution < 1.29 is 33.8 Å². The highest BCUT2D eigenvalue weighted by atomic mass is 16.5. The molecule has 0 aromatic heterocycles. The zero-order valence-electron chi connectivity index (χ0n) is 36.8. The number of esters is 2. The van der Waals surface area contributed by atoms with E-state index in [1.165, 1.54) is 0 Å². The summed E-state index contributed by atoms with van der Waals surface area (Å²) in [5, 5.41) is 13.2. The molecule has 0 radical (unpaired) electrons. The van der Waals surface area contributed by atoms with Gasteiger partial charge in [-0.1, -0.05) is 92.6 Å². The topological polar surface area (TPSA) is 119 Å². The summed E-state index contributed by atoms with van der Waals surface area (Å²) >= 11 is 0. The van der Waals surface area contributed by atoms with Gasteiger partial charge in [-0.25, -0.2) is 0 Å². The molecule has 8 heteroatoms. The molecule has 10 atom stereocenters. The number of carbonyl (C=O) groups excluding carboxylic acids is 4. The fourth-order valence-corrected chi connectivity index (χ4v) is 14.3. The highest BCUT2D eigenvalue weighted by Crippen LogP contribution is 2.77. The van der Waals surface area contributed by atoms with Gasteiger partial charge < -0.3 is 19.9 Å². The number of fused-ring (bicyclic) bond motifs is 7. The lowest BCUT2D eigenvalue weighted by Gasteiger charge is -2.72. The fourth-order valence-electron chi connectivity index (χ4n) is 14.3. The Balaban J connectivity index is 1.08. The SMILES string of the molecule is CC(C)C1=C2[C@H]3CC[C@@H]4[C@@]5(C)CC[C@H](OC(=O)[C@H]6C[C@@H](C(=O)OCc7ccccc7)C6(C)C)C(C)(C)[C@@H]5CC[C@@]4(C)[C@]3(C)CC[C@@]2(C(=O)NC(C)(C)CO)CC1=O. The number of Topliss-reactive ketones (excluding diaryl/α,β-unsaturated/α-hetero) is 1. The number of amides is 1. The van der Waals surface area contributed by atoms with Gasteiger partial charge in [0.25, 0.3) is 0 Å². The minimum Gasteiger partial charge on any atom is -0.462 e. The molecule has 0 heterocycles. The molecular formula is C49H71NO7.